The van der Waals surface area contributed by atoms with Crippen LogP contribution < -0.4 is 11.1 Å². The standard InChI is InChI=1S/C13H15N3O/c1-13(2,12(14)17)16-11-7-8-15-10-6-4-3-5-9(10)11/h3-8H,1-2H3,(H2,14,17)(H,15,16). The van der Waals surface area contributed by atoms with Gasteiger partial charge in [-0.3, -0.25) is 9.78 Å². The van der Waals surface area contributed by atoms with E-state index in [-0.39, 0.29) is 0 Å². The number of amides is 1. The van der Waals surface area contributed by atoms with Crippen molar-refractivity contribution in [2.75, 3.05) is 5.32 Å². The van der Waals surface area contributed by atoms with E-state index in [9.17, 15) is 4.79 Å². The highest BCUT2D eigenvalue weighted by molar-refractivity contribution is 5.94. The quantitative estimate of drug-likeness (QED) is 0.844. The molecule has 4 heteroatoms. The van der Waals surface area contributed by atoms with Gasteiger partial charge in [-0.05, 0) is 26.0 Å². The minimum atomic E-state index is -0.788. The predicted octanol–water partition coefficient (Wildman–Crippen LogP) is 1.91. The number of hydrogen-bond donors (Lipinski definition) is 2. The number of primary amides is 1. The molecule has 17 heavy (non-hydrogen) atoms. The molecule has 0 fully saturated rings. The van der Waals surface area contributed by atoms with E-state index in [4.69, 9.17) is 5.73 Å². The molecule has 2 aromatic rings. The van der Waals surface area contributed by atoms with E-state index in [1.807, 2.05) is 30.3 Å². The number of benzene rings is 1. The minimum Gasteiger partial charge on any atom is -0.371 e. The molecule has 1 amide bonds. The van der Waals surface area contributed by atoms with Gasteiger partial charge in [-0.25, -0.2) is 0 Å². The molecule has 0 bridgehead atoms. The van der Waals surface area contributed by atoms with Gasteiger partial charge in [-0.2, -0.15) is 0 Å². The lowest BCUT2D eigenvalue weighted by molar-refractivity contribution is -0.121. The number of hydrogen-bond acceptors (Lipinski definition) is 3. The molecular formula is C13H15N3O. The van der Waals surface area contributed by atoms with Crippen LogP contribution in [0.5, 0.6) is 0 Å². The maximum atomic E-state index is 11.3. The van der Waals surface area contributed by atoms with Gasteiger partial charge in [-0.1, -0.05) is 18.2 Å². The fraction of sp³-hybridized carbons (Fsp3) is 0.231. The second-order valence-electron chi connectivity index (χ2n) is 4.49. The monoisotopic (exact) mass is 229 g/mol. The van der Waals surface area contributed by atoms with E-state index >= 15 is 0 Å². The van der Waals surface area contributed by atoms with Gasteiger partial charge in [0.2, 0.25) is 5.91 Å². The summed E-state index contributed by atoms with van der Waals surface area (Å²) in [5.74, 6) is -0.390. The van der Waals surface area contributed by atoms with Crippen LogP contribution in [0.2, 0.25) is 0 Å². The van der Waals surface area contributed by atoms with Gasteiger partial charge in [0.15, 0.2) is 0 Å². The highest BCUT2D eigenvalue weighted by Gasteiger charge is 2.24. The highest BCUT2D eigenvalue weighted by atomic mass is 16.1. The molecule has 1 aromatic carbocycles. The Morgan fingerprint density at radius 2 is 2.00 bits per heavy atom. The Labute approximate surface area is 99.8 Å². The van der Waals surface area contributed by atoms with Crippen LogP contribution in [0.1, 0.15) is 13.8 Å². The average Bonchev–Trinajstić information content (AvgIpc) is 2.29. The molecule has 0 aliphatic rings. The number of rotatable bonds is 3. The van der Waals surface area contributed by atoms with E-state index in [1.165, 1.54) is 0 Å². The summed E-state index contributed by atoms with van der Waals surface area (Å²) in [6.07, 6.45) is 1.71. The minimum absolute atomic E-state index is 0.390. The first-order valence-electron chi connectivity index (χ1n) is 5.42. The second kappa shape index (κ2) is 4.05. The molecule has 0 aliphatic heterocycles. The Morgan fingerprint density at radius 3 is 2.71 bits per heavy atom. The van der Waals surface area contributed by atoms with Crippen LogP contribution in [0.3, 0.4) is 0 Å². The normalized spacial score (nSPS) is 11.4. The lowest BCUT2D eigenvalue weighted by Gasteiger charge is -2.24. The third kappa shape index (κ3) is 2.20. The number of nitrogens with one attached hydrogen (secondary N) is 1. The van der Waals surface area contributed by atoms with Crippen LogP contribution in [0.25, 0.3) is 10.9 Å². The van der Waals surface area contributed by atoms with Gasteiger partial charge in [0.1, 0.15) is 5.54 Å². The number of fused-ring (bicyclic) bond motifs is 1. The fourth-order valence-corrected chi connectivity index (χ4v) is 1.60. The molecule has 0 spiro atoms. The van der Waals surface area contributed by atoms with Crippen molar-refractivity contribution in [3.8, 4) is 0 Å². The van der Waals surface area contributed by atoms with Gasteiger partial charge in [0.25, 0.3) is 0 Å². The van der Waals surface area contributed by atoms with Gasteiger partial charge in [-0.15, -0.1) is 0 Å². The van der Waals surface area contributed by atoms with E-state index < -0.39 is 11.4 Å². The fourth-order valence-electron chi connectivity index (χ4n) is 1.60. The smallest absolute Gasteiger partial charge is 0.242 e. The average molecular weight is 229 g/mol. The molecule has 1 heterocycles. The number of nitrogens with two attached hydrogens (primary N) is 1. The Hall–Kier alpha value is -2.10. The molecule has 2 rings (SSSR count). The Kier molecular flexibility index (Phi) is 2.71. The lowest BCUT2D eigenvalue weighted by Crippen LogP contribution is -2.45. The molecule has 1 aromatic heterocycles. The van der Waals surface area contributed by atoms with Crippen LogP contribution in [0.15, 0.2) is 36.5 Å². The molecule has 0 unspecified atom stereocenters. The van der Waals surface area contributed by atoms with Crippen molar-refractivity contribution in [3.05, 3.63) is 36.5 Å². The SMILES string of the molecule is CC(C)(Nc1ccnc2ccccc12)C(N)=O. The number of aromatic nitrogens is 1. The molecule has 0 radical (unpaired) electrons. The zero-order valence-electron chi connectivity index (χ0n) is 9.90. The van der Waals surface area contributed by atoms with Gasteiger partial charge >= 0.3 is 0 Å². The van der Waals surface area contributed by atoms with Crippen molar-refractivity contribution < 1.29 is 4.79 Å². The largest absolute Gasteiger partial charge is 0.371 e. The van der Waals surface area contributed by atoms with Crippen molar-refractivity contribution in [1.29, 1.82) is 0 Å². The summed E-state index contributed by atoms with van der Waals surface area (Å²) in [7, 11) is 0. The van der Waals surface area contributed by atoms with Crippen LogP contribution in [-0.2, 0) is 4.79 Å². The first-order valence-corrected chi connectivity index (χ1v) is 5.42. The molecule has 88 valence electrons. The molecule has 4 nitrogen and oxygen atoms in total. The Morgan fingerprint density at radius 1 is 1.29 bits per heavy atom. The number of pyridine rings is 1. The van der Waals surface area contributed by atoms with Gasteiger partial charge < -0.3 is 11.1 Å². The van der Waals surface area contributed by atoms with Gasteiger partial charge in [0, 0.05) is 17.3 Å². The Balaban J connectivity index is 2.46. The maximum absolute atomic E-state index is 11.3. The van der Waals surface area contributed by atoms with E-state index in [0.29, 0.717) is 0 Å². The zero-order chi connectivity index (χ0) is 12.5. The van der Waals surface area contributed by atoms with E-state index in [1.54, 1.807) is 20.0 Å². The van der Waals surface area contributed by atoms with Crippen molar-refractivity contribution in [1.82, 2.24) is 4.98 Å². The zero-order valence-corrected chi connectivity index (χ0v) is 9.90. The van der Waals surface area contributed by atoms with Crippen molar-refractivity contribution in [2.45, 2.75) is 19.4 Å². The second-order valence-corrected chi connectivity index (χ2v) is 4.49. The van der Waals surface area contributed by atoms with Crippen LogP contribution in [0, 0.1) is 0 Å². The molecule has 3 N–H and O–H groups in total. The predicted molar refractivity (Wildman–Crippen MR) is 68.6 cm³/mol. The molecule has 0 saturated heterocycles. The summed E-state index contributed by atoms with van der Waals surface area (Å²) in [4.78, 5) is 15.6. The van der Waals surface area contributed by atoms with Crippen molar-refractivity contribution in [2.24, 2.45) is 5.73 Å². The van der Waals surface area contributed by atoms with Crippen LogP contribution in [0.4, 0.5) is 5.69 Å². The summed E-state index contributed by atoms with van der Waals surface area (Å²) in [6, 6.07) is 9.59. The van der Waals surface area contributed by atoms with E-state index in [0.717, 1.165) is 16.6 Å². The number of nitrogens with zero attached hydrogens (tertiary/aromatic N) is 1. The molecule has 0 atom stereocenters. The van der Waals surface area contributed by atoms with Crippen LogP contribution >= 0.6 is 0 Å². The first kappa shape index (κ1) is 11.4. The third-order valence-electron chi connectivity index (χ3n) is 2.71. The first-order chi connectivity index (χ1) is 8.00. The van der Waals surface area contributed by atoms with Crippen molar-refractivity contribution >= 4 is 22.5 Å². The Bertz CT molecular complexity index is 558. The number of anilines is 1. The summed E-state index contributed by atoms with van der Waals surface area (Å²) >= 11 is 0. The molecular weight excluding hydrogens is 214 g/mol. The summed E-state index contributed by atoms with van der Waals surface area (Å²) in [5, 5.41) is 4.12. The van der Waals surface area contributed by atoms with Crippen LogP contribution in [-0.4, -0.2) is 16.4 Å². The molecule has 0 aliphatic carbocycles. The number of para-hydroxylation sites is 1. The molecule has 0 saturated carbocycles. The highest BCUT2D eigenvalue weighted by Crippen LogP contribution is 2.23. The summed E-state index contributed by atoms with van der Waals surface area (Å²) in [6.45, 7) is 3.51. The maximum Gasteiger partial charge on any atom is 0.242 e. The third-order valence-corrected chi connectivity index (χ3v) is 2.71. The summed E-state index contributed by atoms with van der Waals surface area (Å²) < 4.78 is 0. The topological polar surface area (TPSA) is 68.0 Å². The van der Waals surface area contributed by atoms with E-state index in [2.05, 4.69) is 10.3 Å². The number of carbonyl (C=O) groups is 1. The number of carbonyl (C=O) groups excluding carboxylic acids is 1. The lowest BCUT2D eigenvalue weighted by atomic mass is 10.0. The van der Waals surface area contributed by atoms with Crippen molar-refractivity contribution in [3.63, 3.8) is 0 Å². The van der Waals surface area contributed by atoms with Gasteiger partial charge in [0.05, 0.1) is 5.52 Å². The summed E-state index contributed by atoms with van der Waals surface area (Å²) in [5.41, 5.74) is 6.30.